The number of rotatable bonds is 9. The van der Waals surface area contributed by atoms with Crippen LogP contribution in [0.25, 0.3) is 10.9 Å². The van der Waals surface area contributed by atoms with Gasteiger partial charge in [0.2, 0.25) is 5.75 Å². The SMILES string of the molecule is CC[C@H](C)c1nc2ccc(Br)cc2c(=O)n1N=Cc1cc(Cl)cc([N+](=O)[O-])c1OCc1cccc(C(=O)O)c1. The summed E-state index contributed by atoms with van der Waals surface area (Å²) in [6.07, 6.45) is 1.96. The summed E-state index contributed by atoms with van der Waals surface area (Å²) in [5.41, 5.74) is 0.402. The number of carbonyl (C=O) groups is 1. The quantitative estimate of drug-likeness (QED) is 0.131. The number of halogens is 2. The zero-order valence-electron chi connectivity index (χ0n) is 20.8. The van der Waals surface area contributed by atoms with E-state index in [0.717, 1.165) is 6.07 Å². The number of nitro groups is 1. The number of aromatic carboxylic acids is 1. The van der Waals surface area contributed by atoms with Gasteiger partial charge in [0.15, 0.2) is 0 Å². The summed E-state index contributed by atoms with van der Waals surface area (Å²) in [5, 5.41) is 25.9. The normalized spacial score (nSPS) is 12.1. The van der Waals surface area contributed by atoms with Crippen LogP contribution < -0.4 is 10.3 Å². The molecule has 4 rings (SSSR count). The Morgan fingerprint density at radius 1 is 1.28 bits per heavy atom. The van der Waals surface area contributed by atoms with Gasteiger partial charge in [-0.25, -0.2) is 9.78 Å². The molecule has 0 saturated carbocycles. The number of fused-ring (bicyclic) bond motifs is 1. The van der Waals surface area contributed by atoms with Crippen molar-refractivity contribution in [2.45, 2.75) is 32.8 Å². The van der Waals surface area contributed by atoms with Gasteiger partial charge < -0.3 is 9.84 Å². The first-order valence-electron chi connectivity index (χ1n) is 11.8. The van der Waals surface area contributed by atoms with Crippen molar-refractivity contribution >= 4 is 56.3 Å². The zero-order chi connectivity index (χ0) is 28.3. The van der Waals surface area contributed by atoms with Crippen LogP contribution >= 0.6 is 27.5 Å². The molecule has 0 aliphatic heterocycles. The van der Waals surface area contributed by atoms with E-state index in [1.165, 1.54) is 29.1 Å². The smallest absolute Gasteiger partial charge is 0.335 e. The maximum atomic E-state index is 13.4. The number of carboxylic acid groups (broad SMARTS) is 1. The van der Waals surface area contributed by atoms with Crippen molar-refractivity contribution < 1.29 is 19.6 Å². The number of hydrogen-bond donors (Lipinski definition) is 1. The molecule has 0 aliphatic carbocycles. The number of aromatic nitrogens is 2. The van der Waals surface area contributed by atoms with E-state index in [9.17, 15) is 24.8 Å². The van der Waals surface area contributed by atoms with Crippen LogP contribution in [-0.2, 0) is 6.61 Å². The van der Waals surface area contributed by atoms with Gasteiger partial charge >= 0.3 is 11.7 Å². The molecule has 1 aromatic heterocycles. The minimum Gasteiger partial charge on any atom is -0.481 e. The van der Waals surface area contributed by atoms with E-state index < -0.39 is 22.1 Å². The lowest BCUT2D eigenvalue weighted by atomic mass is 10.1. The molecular weight excluding hydrogens is 592 g/mol. The summed E-state index contributed by atoms with van der Waals surface area (Å²) in [6, 6.07) is 13.8. The molecule has 0 spiro atoms. The van der Waals surface area contributed by atoms with Crippen molar-refractivity contribution in [1.29, 1.82) is 0 Å². The van der Waals surface area contributed by atoms with Gasteiger partial charge in [-0.3, -0.25) is 14.9 Å². The highest BCUT2D eigenvalue weighted by Gasteiger charge is 2.22. The Morgan fingerprint density at radius 3 is 2.74 bits per heavy atom. The fourth-order valence-corrected chi connectivity index (χ4v) is 4.42. The molecule has 0 bridgehead atoms. The Labute approximate surface area is 235 Å². The van der Waals surface area contributed by atoms with Crippen LogP contribution in [0.2, 0.25) is 5.02 Å². The Morgan fingerprint density at radius 2 is 2.05 bits per heavy atom. The lowest BCUT2D eigenvalue weighted by molar-refractivity contribution is -0.385. The molecule has 10 nitrogen and oxygen atoms in total. The summed E-state index contributed by atoms with van der Waals surface area (Å²) >= 11 is 9.55. The number of hydrogen-bond acceptors (Lipinski definition) is 7. The molecule has 1 atom stereocenters. The number of nitro benzene ring substituents is 1. The molecule has 1 N–H and O–H groups in total. The predicted molar refractivity (Wildman–Crippen MR) is 151 cm³/mol. The molecule has 0 amide bonds. The lowest BCUT2D eigenvalue weighted by Crippen LogP contribution is -2.23. The first-order valence-corrected chi connectivity index (χ1v) is 13.0. The molecule has 0 radical (unpaired) electrons. The third-order valence-electron chi connectivity index (χ3n) is 6.02. The zero-order valence-corrected chi connectivity index (χ0v) is 23.1. The third kappa shape index (κ3) is 6.15. The van der Waals surface area contributed by atoms with Gasteiger partial charge in [0.25, 0.3) is 5.56 Å². The Kier molecular flexibility index (Phi) is 8.41. The van der Waals surface area contributed by atoms with E-state index in [1.54, 1.807) is 30.3 Å². The van der Waals surface area contributed by atoms with Crippen LogP contribution in [0.4, 0.5) is 5.69 Å². The van der Waals surface area contributed by atoms with Gasteiger partial charge in [0.05, 0.1) is 27.6 Å². The minimum absolute atomic E-state index is 0.0517. The van der Waals surface area contributed by atoms with E-state index >= 15 is 0 Å². The summed E-state index contributed by atoms with van der Waals surface area (Å²) in [7, 11) is 0. The highest BCUT2D eigenvalue weighted by molar-refractivity contribution is 9.10. The number of ether oxygens (including phenoxy) is 1. The van der Waals surface area contributed by atoms with E-state index in [2.05, 4.69) is 26.0 Å². The summed E-state index contributed by atoms with van der Waals surface area (Å²) < 4.78 is 7.69. The third-order valence-corrected chi connectivity index (χ3v) is 6.73. The lowest BCUT2D eigenvalue weighted by Gasteiger charge is -2.14. The fraction of sp³-hybridized carbons (Fsp3) is 0.185. The number of carboxylic acids is 1. The van der Waals surface area contributed by atoms with Crippen LogP contribution in [0.15, 0.2) is 69.0 Å². The summed E-state index contributed by atoms with van der Waals surface area (Å²) in [5.74, 6) is -0.934. The van der Waals surface area contributed by atoms with Gasteiger partial charge in [0, 0.05) is 27.0 Å². The first kappa shape index (κ1) is 27.9. The molecule has 200 valence electrons. The molecule has 0 fully saturated rings. The molecule has 0 saturated heterocycles. The van der Waals surface area contributed by atoms with Crippen molar-refractivity contribution in [2.24, 2.45) is 5.10 Å². The van der Waals surface area contributed by atoms with Crippen molar-refractivity contribution in [3.63, 3.8) is 0 Å². The van der Waals surface area contributed by atoms with Gasteiger partial charge in [0.1, 0.15) is 12.4 Å². The maximum Gasteiger partial charge on any atom is 0.335 e. The molecule has 39 heavy (non-hydrogen) atoms. The highest BCUT2D eigenvalue weighted by Crippen LogP contribution is 2.34. The monoisotopic (exact) mass is 612 g/mol. The van der Waals surface area contributed by atoms with Crippen LogP contribution in [0.1, 0.15) is 53.5 Å². The molecule has 12 heteroatoms. The van der Waals surface area contributed by atoms with E-state index in [1.807, 2.05) is 13.8 Å². The summed E-state index contributed by atoms with van der Waals surface area (Å²) in [4.78, 5) is 40.6. The standard InChI is InChI=1S/C27H22BrClN4O6/c1-3-15(2)25-31-22-8-7-19(28)11-21(22)26(34)32(25)30-13-18-10-20(29)12-23(33(37)38)24(18)39-14-16-5-4-6-17(9-16)27(35)36/h4-13,15H,3,14H2,1-2H3,(H,35,36)/t15-/m0/s1. The van der Waals surface area contributed by atoms with Crippen molar-refractivity contribution in [3.05, 3.63) is 107 Å². The number of benzene rings is 3. The van der Waals surface area contributed by atoms with E-state index in [0.29, 0.717) is 33.2 Å². The average Bonchev–Trinajstić information content (AvgIpc) is 2.91. The molecule has 0 aliphatic rings. The largest absolute Gasteiger partial charge is 0.481 e. The van der Waals surface area contributed by atoms with Gasteiger partial charge in [-0.15, -0.1) is 0 Å². The second-order valence-electron chi connectivity index (χ2n) is 8.70. The molecular formula is C27H22BrClN4O6. The van der Waals surface area contributed by atoms with Gasteiger partial charge in [-0.2, -0.15) is 9.78 Å². The Balaban J connectivity index is 1.82. The van der Waals surface area contributed by atoms with Crippen LogP contribution in [0.3, 0.4) is 0 Å². The molecule has 4 aromatic rings. The first-order chi connectivity index (χ1) is 18.6. The van der Waals surface area contributed by atoms with Crippen molar-refractivity contribution in [2.75, 3.05) is 0 Å². The van der Waals surface area contributed by atoms with Crippen LogP contribution in [0.5, 0.6) is 5.75 Å². The van der Waals surface area contributed by atoms with E-state index in [-0.39, 0.29) is 34.4 Å². The highest BCUT2D eigenvalue weighted by atomic mass is 79.9. The number of nitrogens with zero attached hydrogens (tertiary/aromatic N) is 4. The van der Waals surface area contributed by atoms with Crippen LogP contribution in [0, 0.1) is 10.1 Å². The van der Waals surface area contributed by atoms with Crippen molar-refractivity contribution in [3.8, 4) is 5.75 Å². The second-order valence-corrected chi connectivity index (χ2v) is 10.0. The Hall–Kier alpha value is -4.09. The predicted octanol–water partition coefficient (Wildman–Crippen LogP) is 6.39. The van der Waals surface area contributed by atoms with Crippen LogP contribution in [-0.4, -0.2) is 31.9 Å². The van der Waals surface area contributed by atoms with Crippen molar-refractivity contribution in [1.82, 2.24) is 9.66 Å². The molecule has 3 aromatic carbocycles. The van der Waals surface area contributed by atoms with E-state index in [4.69, 9.17) is 16.3 Å². The molecule has 1 heterocycles. The second kappa shape index (κ2) is 11.7. The van der Waals surface area contributed by atoms with Gasteiger partial charge in [-0.05, 0) is 48.4 Å². The topological polar surface area (TPSA) is 137 Å². The average molecular weight is 614 g/mol. The fourth-order valence-electron chi connectivity index (χ4n) is 3.84. The minimum atomic E-state index is -1.11. The molecule has 0 unspecified atom stereocenters. The Bertz CT molecular complexity index is 1690. The van der Waals surface area contributed by atoms with Gasteiger partial charge in [-0.1, -0.05) is 53.5 Å². The summed E-state index contributed by atoms with van der Waals surface area (Å²) in [6.45, 7) is 3.72. The maximum absolute atomic E-state index is 13.4.